The van der Waals surface area contributed by atoms with Gasteiger partial charge in [0.25, 0.3) is 0 Å². The quantitative estimate of drug-likeness (QED) is 0.895. The molecule has 1 saturated heterocycles. The Morgan fingerprint density at radius 1 is 1.00 bits per heavy atom. The van der Waals surface area contributed by atoms with Crippen molar-refractivity contribution in [3.05, 3.63) is 29.3 Å². The lowest BCUT2D eigenvalue weighted by atomic mass is 9.73. The first-order chi connectivity index (χ1) is 10.0. The first-order valence-corrected chi connectivity index (χ1v) is 8.62. The van der Waals surface area contributed by atoms with Crippen LogP contribution in [0, 0.1) is 25.7 Å². The predicted molar refractivity (Wildman–Crippen MR) is 90.9 cm³/mol. The number of fused-ring (bicyclic) bond motifs is 2. The number of likely N-dealkylation sites (tertiary alicyclic amines) is 1. The van der Waals surface area contributed by atoms with Gasteiger partial charge in [-0.05, 0) is 75.6 Å². The lowest BCUT2D eigenvalue weighted by molar-refractivity contribution is 0.0518. The van der Waals surface area contributed by atoms with Crippen molar-refractivity contribution in [2.45, 2.75) is 59.0 Å². The van der Waals surface area contributed by atoms with Gasteiger partial charge in [0.2, 0.25) is 0 Å². The highest BCUT2D eigenvalue weighted by Crippen LogP contribution is 2.37. The molecule has 0 radical (unpaired) electrons. The maximum Gasteiger partial charge on any atom is 0.0347 e. The van der Waals surface area contributed by atoms with Gasteiger partial charge in [-0.1, -0.05) is 12.5 Å². The number of hydrogen-bond acceptors (Lipinski definition) is 2. The summed E-state index contributed by atoms with van der Waals surface area (Å²) in [5, 5.41) is 3.90. The molecule has 1 saturated carbocycles. The first-order valence-electron chi connectivity index (χ1n) is 8.62. The van der Waals surface area contributed by atoms with E-state index in [1.165, 1.54) is 49.2 Å². The molecule has 2 unspecified atom stereocenters. The SMILES string of the molecule is Cc1cc(C)cc(NC2C3CCCC2CN(C(C)C)C3)c1. The molecule has 1 aliphatic carbocycles. The largest absolute Gasteiger partial charge is 0.382 e. The zero-order valence-electron chi connectivity index (χ0n) is 14.0. The second kappa shape index (κ2) is 6.00. The van der Waals surface area contributed by atoms with Crippen molar-refractivity contribution < 1.29 is 0 Å². The number of piperidine rings is 1. The van der Waals surface area contributed by atoms with Crippen LogP contribution < -0.4 is 5.32 Å². The highest BCUT2D eigenvalue weighted by molar-refractivity contribution is 5.49. The number of benzene rings is 1. The summed E-state index contributed by atoms with van der Waals surface area (Å²) in [6.07, 6.45) is 4.21. The molecule has 2 nitrogen and oxygen atoms in total. The van der Waals surface area contributed by atoms with Crippen molar-refractivity contribution in [3.8, 4) is 0 Å². The Labute approximate surface area is 129 Å². The van der Waals surface area contributed by atoms with Crippen molar-refractivity contribution in [1.82, 2.24) is 4.90 Å². The lowest BCUT2D eigenvalue weighted by Crippen LogP contribution is -2.56. The van der Waals surface area contributed by atoms with E-state index in [4.69, 9.17) is 0 Å². The summed E-state index contributed by atoms with van der Waals surface area (Å²) in [5.41, 5.74) is 4.05. The topological polar surface area (TPSA) is 15.3 Å². The molecule has 21 heavy (non-hydrogen) atoms. The summed E-state index contributed by atoms with van der Waals surface area (Å²) in [6, 6.07) is 8.23. The average molecular weight is 286 g/mol. The van der Waals surface area contributed by atoms with E-state index >= 15 is 0 Å². The summed E-state index contributed by atoms with van der Waals surface area (Å²) in [7, 11) is 0. The molecule has 116 valence electrons. The van der Waals surface area contributed by atoms with Crippen LogP contribution in [0.5, 0.6) is 0 Å². The molecule has 1 aromatic rings. The van der Waals surface area contributed by atoms with Gasteiger partial charge in [-0.25, -0.2) is 0 Å². The fourth-order valence-electron chi connectivity index (χ4n) is 4.38. The molecule has 2 heteroatoms. The van der Waals surface area contributed by atoms with E-state index < -0.39 is 0 Å². The van der Waals surface area contributed by atoms with Crippen LogP contribution in [0.4, 0.5) is 5.69 Å². The maximum atomic E-state index is 3.90. The third kappa shape index (κ3) is 3.26. The van der Waals surface area contributed by atoms with Gasteiger partial charge in [-0.3, -0.25) is 0 Å². The maximum absolute atomic E-state index is 3.90. The van der Waals surface area contributed by atoms with Crippen LogP contribution in [0.15, 0.2) is 18.2 Å². The summed E-state index contributed by atoms with van der Waals surface area (Å²) < 4.78 is 0. The Bertz CT molecular complexity index is 460. The minimum atomic E-state index is 0.676. The minimum absolute atomic E-state index is 0.676. The Morgan fingerprint density at radius 3 is 2.10 bits per heavy atom. The summed E-state index contributed by atoms with van der Waals surface area (Å²) >= 11 is 0. The van der Waals surface area contributed by atoms with E-state index in [1.807, 2.05) is 0 Å². The van der Waals surface area contributed by atoms with Crippen LogP contribution in [0.1, 0.15) is 44.2 Å². The highest BCUT2D eigenvalue weighted by Gasteiger charge is 2.39. The van der Waals surface area contributed by atoms with Gasteiger partial charge in [0.05, 0.1) is 0 Å². The van der Waals surface area contributed by atoms with Crippen LogP contribution in [-0.4, -0.2) is 30.1 Å². The van der Waals surface area contributed by atoms with Crippen LogP contribution in [0.2, 0.25) is 0 Å². The normalized spacial score (nSPS) is 29.7. The number of hydrogen-bond donors (Lipinski definition) is 1. The molecule has 1 aromatic carbocycles. The fourth-order valence-corrected chi connectivity index (χ4v) is 4.38. The average Bonchev–Trinajstić information content (AvgIpc) is 2.36. The van der Waals surface area contributed by atoms with E-state index in [1.54, 1.807) is 0 Å². The van der Waals surface area contributed by atoms with Gasteiger partial charge in [-0.15, -0.1) is 0 Å². The van der Waals surface area contributed by atoms with Gasteiger partial charge in [-0.2, -0.15) is 0 Å². The summed E-state index contributed by atoms with van der Waals surface area (Å²) in [5.74, 6) is 1.64. The molecule has 1 aliphatic heterocycles. The zero-order valence-corrected chi connectivity index (χ0v) is 14.0. The van der Waals surface area contributed by atoms with E-state index in [2.05, 4.69) is 56.1 Å². The van der Waals surface area contributed by atoms with Gasteiger partial charge in [0.15, 0.2) is 0 Å². The first kappa shape index (κ1) is 14.9. The second-order valence-electron chi connectivity index (χ2n) is 7.55. The Balaban J connectivity index is 1.76. The molecule has 0 amide bonds. The number of anilines is 1. The molecular formula is C19H30N2. The van der Waals surface area contributed by atoms with Crippen LogP contribution >= 0.6 is 0 Å². The molecule has 0 spiro atoms. The highest BCUT2D eigenvalue weighted by atomic mass is 15.2. The number of aryl methyl sites for hydroxylation is 2. The molecular weight excluding hydrogens is 256 g/mol. The Hall–Kier alpha value is -1.02. The molecule has 2 aliphatic rings. The number of nitrogens with one attached hydrogen (secondary N) is 1. The zero-order chi connectivity index (χ0) is 15.0. The van der Waals surface area contributed by atoms with Crippen LogP contribution in [0.3, 0.4) is 0 Å². The van der Waals surface area contributed by atoms with Gasteiger partial charge in [0.1, 0.15) is 0 Å². The van der Waals surface area contributed by atoms with Crippen LogP contribution in [0.25, 0.3) is 0 Å². The van der Waals surface area contributed by atoms with E-state index in [0.29, 0.717) is 12.1 Å². The van der Waals surface area contributed by atoms with Gasteiger partial charge in [0, 0.05) is 30.9 Å². The number of rotatable bonds is 3. The third-order valence-corrected chi connectivity index (χ3v) is 5.39. The molecule has 2 bridgehead atoms. The summed E-state index contributed by atoms with van der Waals surface area (Å²) in [4.78, 5) is 2.69. The lowest BCUT2D eigenvalue weighted by Gasteiger charge is -2.49. The minimum Gasteiger partial charge on any atom is -0.382 e. The Morgan fingerprint density at radius 2 is 1.57 bits per heavy atom. The molecule has 1 heterocycles. The number of nitrogens with zero attached hydrogens (tertiary/aromatic N) is 1. The van der Waals surface area contributed by atoms with Crippen molar-refractivity contribution >= 4 is 5.69 Å². The van der Waals surface area contributed by atoms with Gasteiger partial charge < -0.3 is 10.2 Å². The van der Waals surface area contributed by atoms with Crippen molar-refractivity contribution in [3.63, 3.8) is 0 Å². The second-order valence-corrected chi connectivity index (χ2v) is 7.55. The van der Waals surface area contributed by atoms with E-state index in [9.17, 15) is 0 Å². The Kier molecular flexibility index (Phi) is 4.26. The van der Waals surface area contributed by atoms with E-state index in [0.717, 1.165) is 11.8 Å². The van der Waals surface area contributed by atoms with Crippen molar-refractivity contribution in [1.29, 1.82) is 0 Å². The van der Waals surface area contributed by atoms with Crippen LogP contribution in [-0.2, 0) is 0 Å². The van der Waals surface area contributed by atoms with E-state index in [-0.39, 0.29) is 0 Å². The standard InChI is InChI=1S/C19H30N2/c1-13(2)21-11-16-6-5-7-17(12-21)19(16)20-18-9-14(3)8-15(4)10-18/h8-10,13,16-17,19-20H,5-7,11-12H2,1-4H3. The predicted octanol–water partition coefficient (Wildman–Crippen LogP) is 4.22. The molecule has 3 rings (SSSR count). The summed E-state index contributed by atoms with van der Waals surface area (Å²) in [6.45, 7) is 11.6. The molecule has 0 aromatic heterocycles. The molecule has 2 fully saturated rings. The molecule has 2 atom stereocenters. The smallest absolute Gasteiger partial charge is 0.0347 e. The third-order valence-electron chi connectivity index (χ3n) is 5.39. The van der Waals surface area contributed by atoms with Crippen molar-refractivity contribution in [2.75, 3.05) is 18.4 Å². The van der Waals surface area contributed by atoms with Crippen molar-refractivity contribution in [2.24, 2.45) is 11.8 Å². The monoisotopic (exact) mass is 286 g/mol. The molecule has 1 N–H and O–H groups in total. The fraction of sp³-hybridized carbons (Fsp3) is 0.684. The van der Waals surface area contributed by atoms with Gasteiger partial charge >= 0.3 is 0 Å².